The Balaban J connectivity index is 2.06. The third-order valence-corrected chi connectivity index (χ3v) is 4.96. The minimum atomic E-state index is 0.108. The molecule has 0 amide bonds. The summed E-state index contributed by atoms with van der Waals surface area (Å²) in [6.45, 7) is 3.77. The van der Waals surface area contributed by atoms with E-state index in [4.69, 9.17) is 16.3 Å². The Morgan fingerprint density at radius 1 is 1.33 bits per heavy atom. The molecule has 0 bridgehead atoms. The fourth-order valence-corrected chi connectivity index (χ4v) is 3.29. The first-order valence-corrected chi connectivity index (χ1v) is 8.30. The van der Waals surface area contributed by atoms with Gasteiger partial charge in [0.2, 0.25) is 0 Å². The normalized spacial score (nSPS) is 14.6. The third-order valence-electron chi connectivity index (χ3n) is 3.74. The van der Waals surface area contributed by atoms with Gasteiger partial charge in [0, 0.05) is 16.5 Å². The summed E-state index contributed by atoms with van der Waals surface area (Å²) in [7, 11) is 0. The maximum atomic E-state index is 6.11. The molecule has 21 heavy (non-hydrogen) atoms. The molecule has 1 heterocycles. The van der Waals surface area contributed by atoms with Gasteiger partial charge >= 0.3 is 0 Å². The highest BCUT2D eigenvalue weighted by molar-refractivity contribution is 9.10. The Morgan fingerprint density at radius 3 is 2.95 bits per heavy atom. The average molecular weight is 367 g/mol. The summed E-state index contributed by atoms with van der Waals surface area (Å²) in [5.74, 6) is 1.04. The molecular formula is C17H17BrClNO. The quantitative estimate of drug-likeness (QED) is 0.844. The number of para-hydroxylation sites is 1. The average Bonchev–Trinajstić information content (AvgIpc) is 2.96. The molecule has 0 fully saturated rings. The van der Waals surface area contributed by atoms with Gasteiger partial charge in [0.25, 0.3) is 0 Å². The molecule has 2 nitrogen and oxygen atoms in total. The van der Waals surface area contributed by atoms with Crippen LogP contribution in [0.2, 0.25) is 5.02 Å². The minimum absolute atomic E-state index is 0.108. The molecule has 2 aromatic rings. The zero-order chi connectivity index (χ0) is 14.8. The van der Waals surface area contributed by atoms with Crippen LogP contribution in [-0.2, 0) is 6.42 Å². The molecular weight excluding hydrogens is 350 g/mol. The van der Waals surface area contributed by atoms with Crippen molar-refractivity contribution in [1.82, 2.24) is 5.32 Å². The van der Waals surface area contributed by atoms with Crippen LogP contribution in [0.3, 0.4) is 0 Å². The molecule has 1 aliphatic rings. The zero-order valence-electron chi connectivity index (χ0n) is 11.8. The summed E-state index contributed by atoms with van der Waals surface area (Å²) >= 11 is 9.62. The van der Waals surface area contributed by atoms with E-state index in [-0.39, 0.29) is 6.04 Å². The van der Waals surface area contributed by atoms with Crippen molar-refractivity contribution in [3.8, 4) is 5.75 Å². The number of ether oxygens (including phenoxy) is 1. The van der Waals surface area contributed by atoms with Crippen molar-refractivity contribution >= 4 is 27.5 Å². The van der Waals surface area contributed by atoms with E-state index in [9.17, 15) is 0 Å². The highest BCUT2D eigenvalue weighted by Gasteiger charge is 2.23. The molecule has 0 saturated carbocycles. The number of halogens is 2. The second kappa shape index (κ2) is 6.39. The van der Waals surface area contributed by atoms with E-state index in [2.05, 4.69) is 58.5 Å². The van der Waals surface area contributed by atoms with Crippen LogP contribution in [0.1, 0.15) is 29.7 Å². The van der Waals surface area contributed by atoms with Gasteiger partial charge in [-0.2, -0.15) is 0 Å². The second-order valence-electron chi connectivity index (χ2n) is 5.10. The number of hydrogen-bond donors (Lipinski definition) is 1. The molecule has 0 saturated heterocycles. The first-order chi connectivity index (χ1) is 10.2. The van der Waals surface area contributed by atoms with Gasteiger partial charge in [-0.3, -0.25) is 0 Å². The third kappa shape index (κ3) is 2.96. The van der Waals surface area contributed by atoms with Crippen LogP contribution >= 0.6 is 27.5 Å². The molecule has 2 aromatic carbocycles. The van der Waals surface area contributed by atoms with Crippen LogP contribution < -0.4 is 10.1 Å². The summed E-state index contributed by atoms with van der Waals surface area (Å²) in [4.78, 5) is 0. The van der Waals surface area contributed by atoms with Crippen molar-refractivity contribution in [3.05, 3.63) is 62.6 Å². The lowest BCUT2D eigenvalue weighted by molar-refractivity contribution is 0.350. The molecule has 4 heteroatoms. The Hall–Kier alpha value is -1.03. The van der Waals surface area contributed by atoms with Gasteiger partial charge in [-0.1, -0.05) is 42.8 Å². The number of nitrogens with one attached hydrogen (secondary N) is 1. The van der Waals surface area contributed by atoms with Gasteiger partial charge in [0.15, 0.2) is 0 Å². The maximum Gasteiger partial charge on any atom is 0.127 e. The van der Waals surface area contributed by atoms with Crippen molar-refractivity contribution < 1.29 is 4.74 Å². The standard InChI is InChI=1S/C17H17BrClNO/c1-2-20-16(12-6-7-15(19)14(18)10-12)13-5-3-4-11-8-9-21-17(11)13/h3-7,10,16,20H,2,8-9H2,1H3. The Kier molecular flexibility index (Phi) is 4.53. The smallest absolute Gasteiger partial charge is 0.127 e. The molecule has 0 radical (unpaired) electrons. The number of fused-ring (bicyclic) bond motifs is 1. The van der Waals surface area contributed by atoms with Gasteiger partial charge in [-0.25, -0.2) is 0 Å². The Bertz CT molecular complexity index is 659. The van der Waals surface area contributed by atoms with Gasteiger partial charge in [-0.15, -0.1) is 0 Å². The van der Waals surface area contributed by atoms with E-state index in [1.807, 2.05) is 6.07 Å². The van der Waals surface area contributed by atoms with Crippen molar-refractivity contribution in [2.45, 2.75) is 19.4 Å². The molecule has 1 unspecified atom stereocenters. The van der Waals surface area contributed by atoms with Crippen LogP contribution in [0, 0.1) is 0 Å². The lowest BCUT2D eigenvalue weighted by Gasteiger charge is -2.21. The van der Waals surface area contributed by atoms with Crippen LogP contribution in [0.15, 0.2) is 40.9 Å². The minimum Gasteiger partial charge on any atom is -0.493 e. The van der Waals surface area contributed by atoms with E-state index in [1.165, 1.54) is 16.7 Å². The van der Waals surface area contributed by atoms with Gasteiger partial charge in [-0.05, 0) is 45.7 Å². The van der Waals surface area contributed by atoms with Crippen LogP contribution in [0.4, 0.5) is 0 Å². The highest BCUT2D eigenvalue weighted by Crippen LogP contribution is 2.37. The molecule has 110 valence electrons. The molecule has 3 rings (SSSR count). The first-order valence-electron chi connectivity index (χ1n) is 7.13. The van der Waals surface area contributed by atoms with Crippen molar-refractivity contribution in [2.24, 2.45) is 0 Å². The van der Waals surface area contributed by atoms with Crippen LogP contribution in [0.25, 0.3) is 0 Å². The number of rotatable bonds is 4. The van der Waals surface area contributed by atoms with E-state index in [0.717, 1.165) is 34.8 Å². The van der Waals surface area contributed by atoms with Crippen molar-refractivity contribution in [3.63, 3.8) is 0 Å². The summed E-state index contributed by atoms with van der Waals surface area (Å²) in [5.41, 5.74) is 3.67. The summed E-state index contributed by atoms with van der Waals surface area (Å²) < 4.78 is 6.77. The predicted molar refractivity (Wildman–Crippen MR) is 90.3 cm³/mol. The van der Waals surface area contributed by atoms with Crippen LogP contribution in [0.5, 0.6) is 5.75 Å². The van der Waals surface area contributed by atoms with E-state index in [0.29, 0.717) is 0 Å². The zero-order valence-corrected chi connectivity index (χ0v) is 14.2. The van der Waals surface area contributed by atoms with Gasteiger partial charge < -0.3 is 10.1 Å². The van der Waals surface area contributed by atoms with E-state index < -0.39 is 0 Å². The molecule has 1 atom stereocenters. The highest BCUT2D eigenvalue weighted by atomic mass is 79.9. The lowest BCUT2D eigenvalue weighted by Crippen LogP contribution is -2.22. The first kappa shape index (κ1) is 14.9. The molecule has 0 aliphatic carbocycles. The maximum absolute atomic E-state index is 6.11. The monoisotopic (exact) mass is 365 g/mol. The summed E-state index contributed by atoms with van der Waals surface area (Å²) in [6, 6.07) is 12.6. The number of hydrogen-bond acceptors (Lipinski definition) is 2. The van der Waals surface area contributed by atoms with Gasteiger partial charge in [0.1, 0.15) is 5.75 Å². The summed E-state index contributed by atoms with van der Waals surface area (Å²) in [6.07, 6.45) is 0.992. The van der Waals surface area contributed by atoms with E-state index in [1.54, 1.807) is 0 Å². The largest absolute Gasteiger partial charge is 0.493 e. The fraction of sp³-hybridized carbons (Fsp3) is 0.294. The topological polar surface area (TPSA) is 21.3 Å². The molecule has 0 aromatic heterocycles. The van der Waals surface area contributed by atoms with Crippen molar-refractivity contribution in [2.75, 3.05) is 13.2 Å². The van der Waals surface area contributed by atoms with Gasteiger partial charge in [0.05, 0.1) is 17.7 Å². The Morgan fingerprint density at radius 2 is 2.19 bits per heavy atom. The van der Waals surface area contributed by atoms with Crippen molar-refractivity contribution in [1.29, 1.82) is 0 Å². The molecule has 1 aliphatic heterocycles. The van der Waals surface area contributed by atoms with Crippen LogP contribution in [-0.4, -0.2) is 13.2 Å². The second-order valence-corrected chi connectivity index (χ2v) is 6.36. The summed E-state index contributed by atoms with van der Waals surface area (Å²) in [5, 5.41) is 4.27. The lowest BCUT2D eigenvalue weighted by atomic mass is 9.96. The van der Waals surface area contributed by atoms with E-state index >= 15 is 0 Å². The number of benzene rings is 2. The predicted octanol–water partition coefficient (Wildman–Crippen LogP) is 4.74. The fourth-order valence-electron chi connectivity index (χ4n) is 2.77. The molecule has 1 N–H and O–H groups in total. The molecule has 0 spiro atoms. The Labute approximate surface area is 138 Å². The SMILES string of the molecule is CCNC(c1ccc(Cl)c(Br)c1)c1cccc2c1OCC2.